The number of benzene rings is 2. The zero-order chi connectivity index (χ0) is 18.7. The molecule has 2 aromatic carbocycles. The van der Waals surface area contributed by atoms with E-state index in [0.29, 0.717) is 6.54 Å². The van der Waals surface area contributed by atoms with Crippen LogP contribution in [0.2, 0.25) is 0 Å². The smallest absolute Gasteiger partial charge is 0.225 e. The molecule has 1 heterocycles. The summed E-state index contributed by atoms with van der Waals surface area (Å²) in [6.07, 6.45) is 2.01. The van der Waals surface area contributed by atoms with Crippen molar-refractivity contribution in [3.8, 4) is 0 Å². The van der Waals surface area contributed by atoms with E-state index in [2.05, 4.69) is 10.6 Å². The van der Waals surface area contributed by atoms with Crippen LogP contribution in [0.4, 0.5) is 0 Å². The highest BCUT2D eigenvalue weighted by molar-refractivity contribution is 7.90. The summed E-state index contributed by atoms with van der Waals surface area (Å²) in [6, 6.07) is 14.3. The van der Waals surface area contributed by atoms with Crippen LogP contribution in [-0.4, -0.2) is 33.7 Å². The second-order valence-corrected chi connectivity index (χ2v) is 8.90. The van der Waals surface area contributed by atoms with Crippen molar-refractivity contribution in [2.45, 2.75) is 24.3 Å². The Bertz CT molecular complexity index is 892. The molecule has 146 valence electrons. The van der Waals surface area contributed by atoms with E-state index in [9.17, 15) is 13.2 Å². The first-order chi connectivity index (χ1) is 12.3. The van der Waals surface area contributed by atoms with Crippen LogP contribution in [0.5, 0.6) is 0 Å². The van der Waals surface area contributed by atoms with Crippen molar-refractivity contribution >= 4 is 28.2 Å². The molecular weight excluding hydrogens is 384 g/mol. The minimum atomic E-state index is -3.31. The van der Waals surface area contributed by atoms with E-state index >= 15 is 0 Å². The summed E-state index contributed by atoms with van der Waals surface area (Å²) in [6.45, 7) is 3.53. The molecule has 1 aliphatic heterocycles. The van der Waals surface area contributed by atoms with Gasteiger partial charge in [-0.3, -0.25) is 4.79 Å². The van der Waals surface area contributed by atoms with Crippen LogP contribution in [0.1, 0.15) is 29.2 Å². The topological polar surface area (TPSA) is 75.3 Å². The van der Waals surface area contributed by atoms with Crippen molar-refractivity contribution in [1.82, 2.24) is 10.6 Å². The average molecular weight is 409 g/mol. The molecule has 1 saturated heterocycles. The fourth-order valence-corrected chi connectivity index (χ4v) is 3.86. The third-order valence-electron chi connectivity index (χ3n) is 4.75. The van der Waals surface area contributed by atoms with Crippen molar-refractivity contribution in [2.75, 3.05) is 19.3 Å². The first-order valence-electron chi connectivity index (χ1n) is 8.72. The maximum atomic E-state index is 12.7. The molecule has 0 bridgehead atoms. The van der Waals surface area contributed by atoms with Gasteiger partial charge in [0.1, 0.15) is 0 Å². The van der Waals surface area contributed by atoms with E-state index < -0.39 is 9.84 Å². The van der Waals surface area contributed by atoms with Gasteiger partial charge >= 0.3 is 0 Å². The van der Waals surface area contributed by atoms with Gasteiger partial charge in [-0.15, -0.1) is 12.4 Å². The lowest BCUT2D eigenvalue weighted by Crippen LogP contribution is -2.35. The molecule has 0 radical (unpaired) electrons. The molecule has 1 fully saturated rings. The summed E-state index contributed by atoms with van der Waals surface area (Å²) < 4.78 is 23.8. The van der Waals surface area contributed by atoms with Crippen LogP contribution >= 0.6 is 12.4 Å². The van der Waals surface area contributed by atoms with Crippen LogP contribution < -0.4 is 10.6 Å². The lowest BCUT2D eigenvalue weighted by atomic mass is 9.96. The van der Waals surface area contributed by atoms with Crippen LogP contribution in [0.25, 0.3) is 0 Å². The van der Waals surface area contributed by atoms with E-state index in [0.717, 1.165) is 29.7 Å². The highest BCUT2D eigenvalue weighted by atomic mass is 35.5. The first kappa shape index (κ1) is 21.4. The number of rotatable bonds is 5. The number of hydrogen-bond donors (Lipinski definition) is 2. The van der Waals surface area contributed by atoms with E-state index in [1.54, 1.807) is 18.2 Å². The summed E-state index contributed by atoms with van der Waals surface area (Å²) >= 11 is 0. The number of aryl methyl sites for hydroxylation is 1. The molecule has 3 rings (SSSR count). The van der Waals surface area contributed by atoms with Crippen molar-refractivity contribution in [2.24, 2.45) is 5.92 Å². The second-order valence-electron chi connectivity index (χ2n) is 6.89. The molecule has 27 heavy (non-hydrogen) atoms. The predicted molar refractivity (Wildman–Crippen MR) is 109 cm³/mol. The van der Waals surface area contributed by atoms with Gasteiger partial charge in [-0.1, -0.05) is 42.0 Å². The van der Waals surface area contributed by atoms with Crippen molar-refractivity contribution in [3.63, 3.8) is 0 Å². The third-order valence-corrected chi connectivity index (χ3v) is 5.86. The molecule has 2 unspecified atom stereocenters. The SMILES string of the molecule is Cc1ccc(C(NC(=O)C2CCNC2)c2cccc(S(C)(=O)=O)c2)cc1.Cl. The molecule has 1 amide bonds. The first-order valence-corrected chi connectivity index (χ1v) is 10.6. The summed E-state index contributed by atoms with van der Waals surface area (Å²) in [5.41, 5.74) is 2.82. The number of carbonyl (C=O) groups is 1. The van der Waals surface area contributed by atoms with Gasteiger partial charge in [-0.2, -0.15) is 0 Å². The zero-order valence-corrected chi connectivity index (χ0v) is 17.1. The van der Waals surface area contributed by atoms with E-state index in [1.807, 2.05) is 37.3 Å². The van der Waals surface area contributed by atoms with Gasteiger partial charge in [0.2, 0.25) is 5.91 Å². The number of halogens is 1. The standard InChI is InChI=1S/C20H24N2O3S.ClH/c1-14-6-8-15(9-7-14)19(22-20(23)17-10-11-21-13-17)16-4-3-5-18(12-16)26(2,24)25;/h3-9,12,17,19,21H,10-11,13H2,1-2H3,(H,22,23);1H. The Balaban J connectivity index is 0.00000261. The molecule has 0 saturated carbocycles. The fraction of sp³-hybridized carbons (Fsp3) is 0.350. The Morgan fingerprint density at radius 2 is 1.85 bits per heavy atom. The highest BCUT2D eigenvalue weighted by Gasteiger charge is 2.26. The van der Waals surface area contributed by atoms with Crippen molar-refractivity contribution in [1.29, 1.82) is 0 Å². The molecule has 2 atom stereocenters. The van der Waals surface area contributed by atoms with Crippen LogP contribution in [0.3, 0.4) is 0 Å². The van der Waals surface area contributed by atoms with Gasteiger partial charge in [0.15, 0.2) is 9.84 Å². The molecule has 0 aromatic heterocycles. The minimum absolute atomic E-state index is 0. The third kappa shape index (κ3) is 5.31. The maximum Gasteiger partial charge on any atom is 0.225 e. The lowest BCUT2D eigenvalue weighted by Gasteiger charge is -2.22. The summed E-state index contributed by atoms with van der Waals surface area (Å²) in [4.78, 5) is 12.9. The summed E-state index contributed by atoms with van der Waals surface area (Å²) in [7, 11) is -3.31. The molecule has 0 aliphatic carbocycles. The Kier molecular flexibility index (Phi) is 7.03. The molecule has 7 heteroatoms. The minimum Gasteiger partial charge on any atom is -0.345 e. The Morgan fingerprint density at radius 1 is 1.15 bits per heavy atom. The normalized spacial score (nSPS) is 17.8. The average Bonchev–Trinajstić information content (AvgIpc) is 3.14. The monoisotopic (exact) mass is 408 g/mol. The lowest BCUT2D eigenvalue weighted by molar-refractivity contribution is -0.124. The van der Waals surface area contributed by atoms with Gasteiger partial charge in [-0.05, 0) is 43.1 Å². The largest absolute Gasteiger partial charge is 0.345 e. The van der Waals surface area contributed by atoms with E-state index in [-0.39, 0.29) is 35.2 Å². The van der Waals surface area contributed by atoms with Gasteiger partial charge in [-0.25, -0.2) is 8.42 Å². The molecule has 2 aromatic rings. The summed E-state index contributed by atoms with van der Waals surface area (Å²) in [5.74, 6) is -0.0635. The van der Waals surface area contributed by atoms with Gasteiger partial charge in [0.25, 0.3) is 0 Å². The van der Waals surface area contributed by atoms with Crippen LogP contribution in [0.15, 0.2) is 53.4 Å². The van der Waals surface area contributed by atoms with Crippen molar-refractivity contribution in [3.05, 3.63) is 65.2 Å². The number of amides is 1. The van der Waals surface area contributed by atoms with E-state index in [1.165, 1.54) is 6.26 Å². The molecule has 0 spiro atoms. The zero-order valence-electron chi connectivity index (χ0n) is 15.4. The molecule has 5 nitrogen and oxygen atoms in total. The Labute approximate surface area is 166 Å². The van der Waals surface area contributed by atoms with Gasteiger partial charge in [0, 0.05) is 12.8 Å². The molecular formula is C20H25ClN2O3S. The van der Waals surface area contributed by atoms with E-state index in [4.69, 9.17) is 0 Å². The quantitative estimate of drug-likeness (QED) is 0.797. The summed E-state index contributed by atoms with van der Waals surface area (Å²) in [5, 5.41) is 6.32. The van der Waals surface area contributed by atoms with Crippen LogP contribution in [0, 0.1) is 12.8 Å². The predicted octanol–water partition coefficient (Wildman–Crippen LogP) is 2.64. The van der Waals surface area contributed by atoms with Crippen molar-refractivity contribution < 1.29 is 13.2 Å². The molecule has 1 aliphatic rings. The van der Waals surface area contributed by atoms with Gasteiger partial charge < -0.3 is 10.6 Å². The van der Waals surface area contributed by atoms with Crippen LogP contribution in [-0.2, 0) is 14.6 Å². The second kappa shape index (κ2) is 8.87. The van der Waals surface area contributed by atoms with Gasteiger partial charge in [0.05, 0.1) is 16.9 Å². The number of carbonyl (C=O) groups excluding carboxylic acids is 1. The maximum absolute atomic E-state index is 12.7. The Hall–Kier alpha value is -1.89. The molecule has 2 N–H and O–H groups in total. The Morgan fingerprint density at radius 3 is 2.44 bits per heavy atom. The fourth-order valence-electron chi connectivity index (χ4n) is 3.18. The number of nitrogens with one attached hydrogen (secondary N) is 2. The number of hydrogen-bond acceptors (Lipinski definition) is 4. The highest BCUT2D eigenvalue weighted by Crippen LogP contribution is 2.25. The number of sulfone groups is 1.